The van der Waals surface area contributed by atoms with Gasteiger partial charge in [-0.25, -0.2) is 14.6 Å². The number of fused-ring (bicyclic) bond motifs is 1. The SMILES string of the molecule is CN(C)C1(c2ccccc2)CCc2nc(O)sc2C1.O=C(O)C(=O)O. The third kappa shape index (κ3) is 4.15. The van der Waals surface area contributed by atoms with Crippen LogP contribution in [0.25, 0.3) is 0 Å². The molecule has 1 aromatic heterocycles. The molecule has 0 bridgehead atoms. The highest BCUT2D eigenvalue weighted by molar-refractivity contribution is 7.13. The van der Waals surface area contributed by atoms with Crippen molar-refractivity contribution in [2.45, 2.75) is 24.8 Å². The number of nitrogens with zero attached hydrogens (tertiary/aromatic N) is 2. The Morgan fingerprint density at radius 1 is 1.16 bits per heavy atom. The molecule has 0 fully saturated rings. The van der Waals surface area contributed by atoms with Crippen LogP contribution >= 0.6 is 11.3 Å². The van der Waals surface area contributed by atoms with Crippen LogP contribution in [0, 0.1) is 0 Å². The van der Waals surface area contributed by atoms with Gasteiger partial charge in [-0.1, -0.05) is 41.7 Å². The molecule has 1 aliphatic rings. The Morgan fingerprint density at radius 3 is 2.28 bits per heavy atom. The quantitative estimate of drug-likeness (QED) is 0.698. The number of aryl methyl sites for hydroxylation is 1. The molecule has 0 aliphatic heterocycles. The standard InChI is InChI=1S/C15H18N2OS.C2H2O4/c1-17(2)15(11-6-4-3-5-7-11)9-8-12-13(10-15)19-14(18)16-12;3-1(4)2(5)6/h3-7H,8-10H2,1-2H3,(H,16,18);(H,3,4)(H,5,6). The van der Waals surface area contributed by atoms with E-state index in [2.05, 4.69) is 54.3 Å². The second-order valence-corrected chi connectivity index (χ2v) is 7.01. The summed E-state index contributed by atoms with van der Waals surface area (Å²) in [6.07, 6.45) is 2.90. The number of likely N-dealkylation sites (N-methyl/N-ethyl adjacent to an activating group) is 1. The second-order valence-electron chi connectivity index (χ2n) is 5.95. The lowest BCUT2D eigenvalue weighted by Gasteiger charge is -2.43. The van der Waals surface area contributed by atoms with Gasteiger partial charge in [0.2, 0.25) is 0 Å². The zero-order valence-electron chi connectivity index (χ0n) is 14.0. The molecule has 134 valence electrons. The minimum absolute atomic E-state index is 0.0211. The van der Waals surface area contributed by atoms with Crippen LogP contribution in [-0.4, -0.2) is 51.2 Å². The van der Waals surface area contributed by atoms with Crippen molar-refractivity contribution in [3.63, 3.8) is 0 Å². The van der Waals surface area contributed by atoms with E-state index in [4.69, 9.17) is 19.8 Å². The van der Waals surface area contributed by atoms with Crippen LogP contribution in [0.4, 0.5) is 0 Å². The van der Waals surface area contributed by atoms with Gasteiger partial charge >= 0.3 is 11.9 Å². The highest BCUT2D eigenvalue weighted by atomic mass is 32.1. The maximum absolute atomic E-state index is 9.60. The van der Waals surface area contributed by atoms with Gasteiger partial charge in [0.05, 0.1) is 11.2 Å². The van der Waals surface area contributed by atoms with Gasteiger partial charge in [0.25, 0.3) is 5.19 Å². The number of hydrogen-bond donors (Lipinski definition) is 3. The van der Waals surface area contributed by atoms with Crippen LogP contribution in [0.3, 0.4) is 0 Å². The van der Waals surface area contributed by atoms with Gasteiger partial charge < -0.3 is 15.3 Å². The summed E-state index contributed by atoms with van der Waals surface area (Å²) in [5, 5.41) is 24.6. The number of carbonyl (C=O) groups is 2. The zero-order chi connectivity index (χ0) is 18.6. The van der Waals surface area contributed by atoms with Crippen molar-refractivity contribution in [1.82, 2.24) is 9.88 Å². The predicted molar refractivity (Wildman–Crippen MR) is 92.9 cm³/mol. The molecule has 0 saturated heterocycles. The van der Waals surface area contributed by atoms with Gasteiger partial charge in [0.1, 0.15) is 0 Å². The van der Waals surface area contributed by atoms with Crippen molar-refractivity contribution in [3.8, 4) is 5.19 Å². The molecule has 1 atom stereocenters. The minimum atomic E-state index is -1.82. The third-order valence-electron chi connectivity index (χ3n) is 4.35. The molecule has 8 heteroatoms. The van der Waals surface area contributed by atoms with E-state index in [0.29, 0.717) is 0 Å². The van der Waals surface area contributed by atoms with Crippen LogP contribution in [0.2, 0.25) is 0 Å². The van der Waals surface area contributed by atoms with Crippen molar-refractivity contribution >= 4 is 23.3 Å². The molecule has 0 amide bonds. The van der Waals surface area contributed by atoms with E-state index in [0.717, 1.165) is 25.0 Å². The largest absolute Gasteiger partial charge is 0.486 e. The molecule has 1 aliphatic carbocycles. The fourth-order valence-electron chi connectivity index (χ4n) is 3.02. The Balaban J connectivity index is 0.000000326. The second kappa shape index (κ2) is 7.62. The molecule has 7 nitrogen and oxygen atoms in total. The summed E-state index contributed by atoms with van der Waals surface area (Å²) in [6.45, 7) is 0. The number of carboxylic acids is 2. The van der Waals surface area contributed by atoms with Crippen LogP contribution < -0.4 is 0 Å². The van der Waals surface area contributed by atoms with Gasteiger partial charge in [0, 0.05) is 11.3 Å². The lowest BCUT2D eigenvalue weighted by molar-refractivity contribution is -0.159. The van der Waals surface area contributed by atoms with Gasteiger partial charge in [-0.15, -0.1) is 0 Å². The molecular weight excluding hydrogens is 344 g/mol. The van der Waals surface area contributed by atoms with Crippen molar-refractivity contribution in [1.29, 1.82) is 0 Å². The summed E-state index contributed by atoms with van der Waals surface area (Å²) in [7, 11) is 4.28. The summed E-state index contributed by atoms with van der Waals surface area (Å²) >= 11 is 1.42. The van der Waals surface area contributed by atoms with Crippen LogP contribution in [0.1, 0.15) is 22.6 Å². The first kappa shape index (κ1) is 18.9. The summed E-state index contributed by atoms with van der Waals surface area (Å²) in [5.41, 5.74) is 2.45. The molecule has 2 aromatic rings. The fourth-order valence-corrected chi connectivity index (χ4v) is 3.97. The van der Waals surface area contributed by atoms with Crippen molar-refractivity contribution in [2.24, 2.45) is 0 Å². The van der Waals surface area contributed by atoms with Gasteiger partial charge in [-0.3, -0.25) is 4.90 Å². The van der Waals surface area contributed by atoms with E-state index in [1.165, 1.54) is 21.8 Å². The average molecular weight is 364 g/mol. The number of hydrogen-bond acceptors (Lipinski definition) is 6. The average Bonchev–Trinajstić information content (AvgIpc) is 2.94. The number of aromatic hydroxyl groups is 1. The molecular formula is C17H20N2O5S. The molecule has 25 heavy (non-hydrogen) atoms. The first-order valence-electron chi connectivity index (χ1n) is 7.63. The lowest BCUT2D eigenvalue weighted by atomic mass is 9.77. The molecule has 0 radical (unpaired) electrons. The summed E-state index contributed by atoms with van der Waals surface area (Å²) in [5.74, 6) is -3.65. The summed E-state index contributed by atoms with van der Waals surface area (Å²) in [6, 6.07) is 10.7. The normalized spacial score (nSPS) is 18.8. The van der Waals surface area contributed by atoms with Crippen molar-refractivity contribution < 1.29 is 24.9 Å². The summed E-state index contributed by atoms with van der Waals surface area (Å²) in [4.78, 5) is 26.0. The van der Waals surface area contributed by atoms with E-state index in [1.54, 1.807) is 0 Å². The molecule has 0 spiro atoms. The maximum atomic E-state index is 9.60. The number of thiazole rings is 1. The van der Waals surface area contributed by atoms with Crippen molar-refractivity contribution in [3.05, 3.63) is 46.5 Å². The van der Waals surface area contributed by atoms with Crippen LogP contribution in [0.5, 0.6) is 5.19 Å². The Hall–Kier alpha value is -2.45. The Bertz CT molecular complexity index is 748. The van der Waals surface area contributed by atoms with Crippen LogP contribution in [0.15, 0.2) is 30.3 Å². The van der Waals surface area contributed by atoms with Crippen LogP contribution in [-0.2, 0) is 28.0 Å². The maximum Gasteiger partial charge on any atom is 0.414 e. The number of aromatic nitrogens is 1. The van der Waals surface area contributed by atoms with E-state index in [9.17, 15) is 5.11 Å². The molecule has 0 saturated carbocycles. The van der Waals surface area contributed by atoms with Gasteiger partial charge in [0.15, 0.2) is 0 Å². The molecule has 1 heterocycles. The summed E-state index contributed by atoms with van der Waals surface area (Å²) < 4.78 is 0. The highest BCUT2D eigenvalue weighted by Gasteiger charge is 2.39. The van der Waals surface area contributed by atoms with E-state index >= 15 is 0 Å². The molecule has 3 rings (SSSR count). The van der Waals surface area contributed by atoms with Gasteiger partial charge in [-0.2, -0.15) is 0 Å². The van der Waals surface area contributed by atoms with Crippen molar-refractivity contribution in [2.75, 3.05) is 14.1 Å². The first-order valence-corrected chi connectivity index (χ1v) is 8.44. The topological polar surface area (TPSA) is 111 Å². The van der Waals surface area contributed by atoms with Gasteiger partial charge in [-0.05, 0) is 32.5 Å². The number of rotatable bonds is 2. The lowest BCUT2D eigenvalue weighted by Crippen LogP contribution is -2.45. The molecule has 1 unspecified atom stereocenters. The van der Waals surface area contributed by atoms with E-state index < -0.39 is 11.9 Å². The minimum Gasteiger partial charge on any atom is -0.486 e. The number of benzene rings is 1. The Labute approximate surface area is 149 Å². The Morgan fingerprint density at radius 2 is 1.76 bits per heavy atom. The van der Waals surface area contributed by atoms with E-state index in [1.807, 2.05) is 0 Å². The third-order valence-corrected chi connectivity index (χ3v) is 5.25. The smallest absolute Gasteiger partial charge is 0.414 e. The molecule has 3 N–H and O–H groups in total. The highest BCUT2D eigenvalue weighted by Crippen LogP contribution is 2.42. The predicted octanol–water partition coefficient (Wildman–Crippen LogP) is 1.95. The number of carboxylic acid groups (broad SMARTS) is 2. The monoisotopic (exact) mass is 364 g/mol. The fraction of sp³-hybridized carbons (Fsp3) is 0.353. The Kier molecular flexibility index (Phi) is 5.76. The van der Waals surface area contributed by atoms with E-state index in [-0.39, 0.29) is 10.7 Å². The zero-order valence-corrected chi connectivity index (χ0v) is 14.8. The molecule has 1 aromatic carbocycles. The first-order chi connectivity index (χ1) is 11.8. The number of aliphatic carboxylic acids is 2.